The number of nitrogens with one attached hydrogen (secondary N) is 1. The summed E-state index contributed by atoms with van der Waals surface area (Å²) >= 11 is 6.86. The number of aromatic nitrogens is 4. The number of anilines is 1. The number of aromatic amines is 1. The Balaban J connectivity index is 1.50. The molecule has 190 valence electrons. The summed E-state index contributed by atoms with van der Waals surface area (Å²) in [6.07, 6.45) is 3.51. The van der Waals surface area contributed by atoms with Crippen LogP contribution in [0.15, 0.2) is 73.4 Å². The average molecular weight is 527 g/mol. The van der Waals surface area contributed by atoms with Crippen molar-refractivity contribution in [3.05, 3.63) is 95.5 Å². The summed E-state index contributed by atoms with van der Waals surface area (Å²) in [6.45, 7) is 5.90. The number of amides is 1. The largest absolute Gasteiger partial charge is 0.351 e. The zero-order valence-electron chi connectivity index (χ0n) is 20.5. The second-order valence-electron chi connectivity index (χ2n) is 9.28. The first-order valence-electron chi connectivity index (χ1n) is 12.3. The molecule has 0 bridgehead atoms. The van der Waals surface area contributed by atoms with Gasteiger partial charge in [0.2, 0.25) is 5.91 Å². The van der Waals surface area contributed by atoms with Gasteiger partial charge in [-0.25, -0.2) is 4.39 Å². The molecule has 0 aliphatic carbocycles. The number of halogens is 2. The third-order valence-corrected chi connectivity index (χ3v) is 7.36. The monoisotopic (exact) mass is 526 g/mol. The number of rotatable bonds is 5. The van der Waals surface area contributed by atoms with E-state index in [0.29, 0.717) is 60.0 Å². The van der Waals surface area contributed by atoms with Gasteiger partial charge >= 0.3 is 0 Å². The number of piperazine rings is 1. The molecule has 7 nitrogen and oxygen atoms in total. The van der Waals surface area contributed by atoms with Crippen LogP contribution in [0.4, 0.5) is 10.2 Å². The molecular weight excluding hydrogens is 503 g/mol. The molecule has 0 unspecified atom stereocenters. The summed E-state index contributed by atoms with van der Waals surface area (Å²) in [5.74, 6) is 0.231. The van der Waals surface area contributed by atoms with E-state index in [1.807, 2.05) is 42.5 Å². The lowest BCUT2D eigenvalue weighted by atomic mass is 9.96. The molecule has 3 aromatic carbocycles. The number of H-pyrrole nitrogens is 1. The van der Waals surface area contributed by atoms with Gasteiger partial charge in [0.15, 0.2) is 5.82 Å². The molecule has 0 saturated carbocycles. The molecule has 1 aliphatic heterocycles. The molecule has 1 aliphatic rings. The van der Waals surface area contributed by atoms with Crippen molar-refractivity contribution in [1.82, 2.24) is 25.3 Å². The zero-order valence-corrected chi connectivity index (χ0v) is 21.2. The lowest BCUT2D eigenvalue weighted by molar-refractivity contribution is -0.126. The molecule has 1 saturated heterocycles. The van der Waals surface area contributed by atoms with Crippen molar-refractivity contribution in [2.75, 3.05) is 31.1 Å². The van der Waals surface area contributed by atoms with Gasteiger partial charge in [0.05, 0.1) is 17.4 Å². The molecule has 0 radical (unpaired) electrons. The van der Waals surface area contributed by atoms with Gasteiger partial charge < -0.3 is 9.80 Å². The molecule has 38 heavy (non-hydrogen) atoms. The smallest absolute Gasteiger partial charge is 0.246 e. The second-order valence-corrected chi connectivity index (χ2v) is 9.69. The van der Waals surface area contributed by atoms with E-state index in [-0.39, 0.29) is 11.7 Å². The van der Waals surface area contributed by atoms with Crippen molar-refractivity contribution in [1.29, 1.82) is 0 Å². The number of benzene rings is 3. The van der Waals surface area contributed by atoms with Crippen molar-refractivity contribution in [2.45, 2.75) is 6.42 Å². The normalized spacial score (nSPS) is 13.8. The van der Waals surface area contributed by atoms with E-state index in [2.05, 4.69) is 31.9 Å². The highest BCUT2D eigenvalue weighted by Crippen LogP contribution is 2.40. The summed E-state index contributed by atoms with van der Waals surface area (Å²) < 4.78 is 15.2. The second kappa shape index (κ2) is 9.87. The number of fused-ring (bicyclic) bond motifs is 2. The van der Waals surface area contributed by atoms with Gasteiger partial charge in [0.1, 0.15) is 5.82 Å². The zero-order chi connectivity index (χ0) is 26.2. The third kappa shape index (κ3) is 4.26. The van der Waals surface area contributed by atoms with E-state index in [1.165, 1.54) is 12.1 Å². The number of nitrogens with zero attached hydrogens (tertiary/aromatic N) is 5. The maximum absolute atomic E-state index is 15.2. The summed E-state index contributed by atoms with van der Waals surface area (Å²) in [5.41, 5.74) is 3.55. The minimum atomic E-state index is -0.380. The topological polar surface area (TPSA) is 78.0 Å². The van der Waals surface area contributed by atoms with E-state index < -0.39 is 0 Å². The quantitative estimate of drug-likeness (QED) is 0.311. The number of carbonyl (C=O) groups is 1. The van der Waals surface area contributed by atoms with Crippen LogP contribution in [0, 0.1) is 5.82 Å². The van der Waals surface area contributed by atoms with Gasteiger partial charge in [-0.2, -0.15) is 10.2 Å². The van der Waals surface area contributed by atoms with Crippen LogP contribution in [-0.4, -0.2) is 57.4 Å². The van der Waals surface area contributed by atoms with E-state index in [9.17, 15) is 4.79 Å². The highest BCUT2D eigenvalue weighted by Gasteiger charge is 2.24. The lowest BCUT2D eigenvalue weighted by Gasteiger charge is -2.35. The van der Waals surface area contributed by atoms with Gasteiger partial charge in [-0.15, -0.1) is 5.10 Å². The molecule has 6 rings (SSSR count). The maximum atomic E-state index is 15.2. The predicted octanol–water partition coefficient (Wildman–Crippen LogP) is 5.39. The molecule has 1 amide bonds. The Morgan fingerprint density at radius 2 is 1.82 bits per heavy atom. The van der Waals surface area contributed by atoms with Crippen LogP contribution in [0.25, 0.3) is 32.8 Å². The van der Waals surface area contributed by atoms with Crippen molar-refractivity contribution in [3.63, 3.8) is 0 Å². The Labute approximate surface area is 223 Å². The molecule has 5 aromatic rings. The molecule has 1 fully saturated rings. The Morgan fingerprint density at radius 3 is 2.58 bits per heavy atom. The van der Waals surface area contributed by atoms with Gasteiger partial charge in [-0.05, 0) is 35.9 Å². The first-order chi connectivity index (χ1) is 18.5. The fourth-order valence-electron chi connectivity index (χ4n) is 5.09. The molecule has 2 aromatic heterocycles. The predicted molar refractivity (Wildman–Crippen MR) is 148 cm³/mol. The molecule has 0 atom stereocenters. The summed E-state index contributed by atoms with van der Waals surface area (Å²) in [4.78, 5) is 15.9. The molecule has 9 heteroatoms. The highest BCUT2D eigenvalue weighted by atomic mass is 35.5. The number of hydrogen-bond acceptors (Lipinski definition) is 5. The van der Waals surface area contributed by atoms with E-state index in [4.69, 9.17) is 11.6 Å². The minimum absolute atomic E-state index is 0.0815. The Kier molecular flexibility index (Phi) is 6.25. The van der Waals surface area contributed by atoms with Crippen LogP contribution < -0.4 is 4.90 Å². The summed E-state index contributed by atoms with van der Waals surface area (Å²) in [6, 6.07) is 16.9. The van der Waals surface area contributed by atoms with Crippen molar-refractivity contribution in [3.8, 4) is 11.1 Å². The fraction of sp³-hybridized carbons (Fsp3) is 0.172. The lowest BCUT2D eigenvalue weighted by Crippen LogP contribution is -2.48. The van der Waals surface area contributed by atoms with Crippen LogP contribution in [0.5, 0.6) is 0 Å². The standard InChI is InChI=1S/C29H24ClFN6O/c1-2-27(38)36-10-12-37(13-11-36)29-20-16-23(30)21(28-22-17-32-33-25(22)9-8-24(28)31)15-19(20)26(34-35-29)14-18-6-4-3-5-7-18/h2-9,15-17H,1,10-14H2,(H,32,33). The Bertz CT molecular complexity index is 1680. The number of carbonyl (C=O) groups excluding carboxylic acids is 1. The Hall–Kier alpha value is -4.30. The summed E-state index contributed by atoms with van der Waals surface area (Å²) in [5, 5.41) is 19.0. The summed E-state index contributed by atoms with van der Waals surface area (Å²) in [7, 11) is 0. The van der Waals surface area contributed by atoms with Gasteiger partial charge in [-0.3, -0.25) is 9.89 Å². The number of hydrogen-bond donors (Lipinski definition) is 1. The van der Waals surface area contributed by atoms with E-state index >= 15 is 4.39 Å². The average Bonchev–Trinajstić information content (AvgIpc) is 3.42. The van der Waals surface area contributed by atoms with Crippen LogP contribution in [-0.2, 0) is 11.2 Å². The minimum Gasteiger partial charge on any atom is -0.351 e. The fourth-order valence-corrected chi connectivity index (χ4v) is 5.35. The van der Waals surface area contributed by atoms with Gasteiger partial charge in [0, 0.05) is 64.9 Å². The first-order valence-corrected chi connectivity index (χ1v) is 12.7. The van der Waals surface area contributed by atoms with E-state index in [1.54, 1.807) is 17.2 Å². The van der Waals surface area contributed by atoms with Crippen molar-refractivity contribution >= 4 is 45.0 Å². The molecular formula is C29H24ClFN6O. The van der Waals surface area contributed by atoms with Gasteiger partial charge in [0.25, 0.3) is 0 Å². The first kappa shape index (κ1) is 24.1. The molecule has 0 spiro atoms. The highest BCUT2D eigenvalue weighted by molar-refractivity contribution is 6.35. The van der Waals surface area contributed by atoms with Crippen LogP contribution in [0.2, 0.25) is 5.02 Å². The van der Waals surface area contributed by atoms with Crippen LogP contribution >= 0.6 is 11.6 Å². The van der Waals surface area contributed by atoms with Gasteiger partial charge in [-0.1, -0.05) is 48.5 Å². The van der Waals surface area contributed by atoms with Crippen molar-refractivity contribution in [2.24, 2.45) is 0 Å². The van der Waals surface area contributed by atoms with Crippen LogP contribution in [0.1, 0.15) is 11.3 Å². The van der Waals surface area contributed by atoms with Crippen LogP contribution in [0.3, 0.4) is 0 Å². The third-order valence-electron chi connectivity index (χ3n) is 7.05. The van der Waals surface area contributed by atoms with Crippen molar-refractivity contribution < 1.29 is 9.18 Å². The SMILES string of the molecule is C=CC(=O)N1CCN(c2nnc(Cc3ccccc3)c3cc(-c4c(F)ccc5[nH]ncc45)c(Cl)cc23)CC1. The maximum Gasteiger partial charge on any atom is 0.246 e. The molecule has 1 N–H and O–H groups in total. The Morgan fingerprint density at radius 1 is 1.03 bits per heavy atom. The molecule has 3 heterocycles. The van der Waals surface area contributed by atoms with E-state index in [0.717, 1.165) is 27.5 Å².